The Morgan fingerprint density at radius 2 is 1.88 bits per heavy atom. The fraction of sp³-hybridized carbons (Fsp3) is 0.579. The molecule has 26 heavy (non-hydrogen) atoms. The summed E-state index contributed by atoms with van der Waals surface area (Å²) in [6.45, 7) is 9.76. The minimum absolute atomic E-state index is 0.135. The van der Waals surface area contributed by atoms with Crippen molar-refractivity contribution in [3.05, 3.63) is 24.3 Å². The molecule has 0 heterocycles. The molecule has 2 N–H and O–H groups in total. The molecule has 0 saturated carbocycles. The normalized spacial score (nSPS) is 11.0. The third-order valence-electron chi connectivity index (χ3n) is 3.76. The van der Waals surface area contributed by atoms with E-state index in [4.69, 9.17) is 9.47 Å². The van der Waals surface area contributed by atoms with Crippen LogP contribution < -0.4 is 20.1 Å². The van der Waals surface area contributed by atoms with Crippen molar-refractivity contribution in [3.63, 3.8) is 0 Å². The van der Waals surface area contributed by atoms with Crippen molar-refractivity contribution in [1.82, 2.24) is 15.5 Å². The maximum Gasteiger partial charge on any atom is 0.224 e. The summed E-state index contributed by atoms with van der Waals surface area (Å²) < 4.78 is 10.9. The van der Waals surface area contributed by atoms with E-state index in [0.29, 0.717) is 32.1 Å². The van der Waals surface area contributed by atoms with Gasteiger partial charge in [-0.25, -0.2) is 0 Å². The monoisotopic (exact) mass is 364 g/mol. The maximum absolute atomic E-state index is 12.0. The molecule has 1 aromatic carbocycles. The van der Waals surface area contributed by atoms with Crippen LogP contribution in [-0.4, -0.2) is 63.2 Å². The number of hydrogen-bond donors (Lipinski definition) is 2. The van der Waals surface area contributed by atoms with Crippen LogP contribution in [0.3, 0.4) is 0 Å². The topological polar surface area (TPSA) is 75.2 Å². The van der Waals surface area contributed by atoms with E-state index in [2.05, 4.69) is 15.6 Å². The van der Waals surface area contributed by atoms with E-state index in [-0.39, 0.29) is 5.91 Å². The number of methoxy groups -OCH3 is 1. The Morgan fingerprint density at radius 3 is 2.54 bits per heavy atom. The molecule has 0 fully saturated rings. The number of hydrogen-bond acceptors (Lipinski definition) is 4. The van der Waals surface area contributed by atoms with Crippen LogP contribution in [0.5, 0.6) is 11.5 Å². The van der Waals surface area contributed by atoms with Gasteiger partial charge in [0.1, 0.15) is 18.1 Å². The fourth-order valence-corrected chi connectivity index (χ4v) is 2.37. The number of nitrogens with zero attached hydrogens (tertiary/aromatic N) is 2. The molecule has 0 unspecified atom stereocenters. The van der Waals surface area contributed by atoms with Crippen LogP contribution in [0.2, 0.25) is 0 Å². The molecule has 7 nitrogen and oxygen atoms in total. The zero-order chi connectivity index (χ0) is 19.2. The molecule has 0 atom stereocenters. The van der Waals surface area contributed by atoms with Crippen LogP contribution >= 0.6 is 0 Å². The lowest BCUT2D eigenvalue weighted by atomic mass is 10.3. The molecule has 0 spiro atoms. The lowest BCUT2D eigenvalue weighted by Gasteiger charge is -2.18. The summed E-state index contributed by atoms with van der Waals surface area (Å²) in [5, 5.41) is 6.38. The minimum Gasteiger partial charge on any atom is -0.497 e. The average Bonchev–Trinajstić information content (AvgIpc) is 2.66. The van der Waals surface area contributed by atoms with E-state index in [0.717, 1.165) is 31.1 Å². The van der Waals surface area contributed by atoms with Gasteiger partial charge in [0.05, 0.1) is 20.2 Å². The van der Waals surface area contributed by atoms with Gasteiger partial charge in [0, 0.05) is 32.1 Å². The van der Waals surface area contributed by atoms with Gasteiger partial charge in [0.15, 0.2) is 5.96 Å². The van der Waals surface area contributed by atoms with Gasteiger partial charge in [-0.3, -0.25) is 9.79 Å². The smallest absolute Gasteiger partial charge is 0.224 e. The Labute approximate surface area is 156 Å². The molecule has 1 amide bonds. The van der Waals surface area contributed by atoms with Crippen molar-refractivity contribution in [2.24, 2.45) is 4.99 Å². The molecule has 0 saturated heterocycles. The van der Waals surface area contributed by atoms with Crippen LogP contribution in [0.1, 0.15) is 27.2 Å². The SMILES string of the molecule is CCNC(=NCCC(=O)N(CC)CC)NCCOc1cccc(OC)c1. The zero-order valence-electron chi connectivity index (χ0n) is 16.4. The summed E-state index contributed by atoms with van der Waals surface area (Å²) in [5.41, 5.74) is 0. The van der Waals surface area contributed by atoms with Crippen LogP contribution in [0.15, 0.2) is 29.3 Å². The molecule has 1 rings (SSSR count). The standard InChI is InChI=1S/C19H32N4O3/c1-5-20-19(21-12-11-18(24)23(6-2)7-3)22-13-14-26-17-10-8-9-16(15-17)25-4/h8-10,15H,5-7,11-14H2,1-4H3,(H2,20,21,22). The van der Waals surface area contributed by atoms with Gasteiger partial charge in [-0.1, -0.05) is 6.07 Å². The zero-order valence-corrected chi connectivity index (χ0v) is 16.4. The lowest BCUT2D eigenvalue weighted by Crippen LogP contribution is -2.39. The van der Waals surface area contributed by atoms with E-state index in [9.17, 15) is 4.79 Å². The number of guanidine groups is 1. The van der Waals surface area contributed by atoms with Gasteiger partial charge in [0.2, 0.25) is 5.91 Å². The van der Waals surface area contributed by atoms with Crippen molar-refractivity contribution in [3.8, 4) is 11.5 Å². The second kappa shape index (κ2) is 12.9. The molecule has 1 aromatic rings. The van der Waals surface area contributed by atoms with Gasteiger partial charge in [-0.15, -0.1) is 0 Å². The summed E-state index contributed by atoms with van der Waals surface area (Å²) in [4.78, 5) is 18.3. The largest absolute Gasteiger partial charge is 0.497 e. The Hall–Kier alpha value is -2.44. The van der Waals surface area contributed by atoms with Gasteiger partial charge in [-0.05, 0) is 32.9 Å². The number of ether oxygens (including phenoxy) is 2. The molecule has 7 heteroatoms. The minimum atomic E-state index is 0.135. The maximum atomic E-state index is 12.0. The molecule has 146 valence electrons. The highest BCUT2D eigenvalue weighted by molar-refractivity contribution is 5.80. The molecule has 0 bridgehead atoms. The fourth-order valence-electron chi connectivity index (χ4n) is 2.37. The predicted octanol–water partition coefficient (Wildman–Crippen LogP) is 1.89. The van der Waals surface area contributed by atoms with E-state index in [1.54, 1.807) is 7.11 Å². The number of carbonyl (C=O) groups is 1. The first kappa shape index (κ1) is 21.6. The van der Waals surface area contributed by atoms with Gasteiger partial charge < -0.3 is 25.0 Å². The third kappa shape index (κ3) is 8.09. The predicted molar refractivity (Wildman–Crippen MR) is 105 cm³/mol. The van der Waals surface area contributed by atoms with Gasteiger partial charge in [0.25, 0.3) is 0 Å². The Balaban J connectivity index is 2.38. The van der Waals surface area contributed by atoms with Crippen LogP contribution in [-0.2, 0) is 4.79 Å². The van der Waals surface area contributed by atoms with Gasteiger partial charge in [-0.2, -0.15) is 0 Å². The summed E-state index contributed by atoms with van der Waals surface area (Å²) >= 11 is 0. The van der Waals surface area contributed by atoms with Crippen LogP contribution in [0, 0.1) is 0 Å². The number of amides is 1. The molecule has 0 aliphatic rings. The second-order valence-corrected chi connectivity index (χ2v) is 5.53. The molecular weight excluding hydrogens is 332 g/mol. The lowest BCUT2D eigenvalue weighted by molar-refractivity contribution is -0.130. The molecule has 0 aliphatic carbocycles. The first-order valence-corrected chi connectivity index (χ1v) is 9.21. The Morgan fingerprint density at radius 1 is 1.15 bits per heavy atom. The quantitative estimate of drug-likeness (QED) is 0.356. The highest BCUT2D eigenvalue weighted by Crippen LogP contribution is 2.18. The van der Waals surface area contributed by atoms with Crippen LogP contribution in [0.25, 0.3) is 0 Å². The highest BCUT2D eigenvalue weighted by atomic mass is 16.5. The Bertz CT molecular complexity index is 559. The molecule has 0 aromatic heterocycles. The molecular formula is C19H32N4O3. The first-order valence-electron chi connectivity index (χ1n) is 9.21. The van der Waals surface area contributed by atoms with Crippen molar-refractivity contribution < 1.29 is 14.3 Å². The highest BCUT2D eigenvalue weighted by Gasteiger charge is 2.08. The van der Waals surface area contributed by atoms with E-state index in [1.807, 2.05) is 49.9 Å². The third-order valence-corrected chi connectivity index (χ3v) is 3.76. The van der Waals surface area contributed by atoms with E-state index >= 15 is 0 Å². The van der Waals surface area contributed by atoms with Crippen molar-refractivity contribution >= 4 is 11.9 Å². The van der Waals surface area contributed by atoms with Crippen molar-refractivity contribution in [2.75, 3.05) is 46.4 Å². The number of carbonyl (C=O) groups excluding carboxylic acids is 1. The van der Waals surface area contributed by atoms with Gasteiger partial charge >= 0.3 is 0 Å². The molecule has 0 aliphatic heterocycles. The summed E-state index contributed by atoms with van der Waals surface area (Å²) in [5.74, 6) is 2.35. The van der Waals surface area contributed by atoms with Crippen LogP contribution in [0.4, 0.5) is 0 Å². The molecule has 0 radical (unpaired) electrons. The first-order chi connectivity index (χ1) is 12.6. The summed E-state index contributed by atoms with van der Waals surface area (Å²) in [6.07, 6.45) is 0.415. The van der Waals surface area contributed by atoms with E-state index in [1.165, 1.54) is 0 Å². The number of rotatable bonds is 11. The number of aliphatic imine (C=N–C) groups is 1. The summed E-state index contributed by atoms with van der Waals surface area (Å²) in [7, 11) is 1.63. The van der Waals surface area contributed by atoms with Crippen molar-refractivity contribution in [2.45, 2.75) is 27.2 Å². The van der Waals surface area contributed by atoms with E-state index < -0.39 is 0 Å². The van der Waals surface area contributed by atoms with Crippen molar-refractivity contribution in [1.29, 1.82) is 0 Å². The summed E-state index contributed by atoms with van der Waals surface area (Å²) in [6, 6.07) is 7.50. The average molecular weight is 364 g/mol. The Kier molecular flexibility index (Phi) is 10.7. The second-order valence-electron chi connectivity index (χ2n) is 5.53. The number of nitrogens with one attached hydrogen (secondary N) is 2. The number of benzene rings is 1.